The summed E-state index contributed by atoms with van der Waals surface area (Å²) in [7, 11) is 0. The second-order valence-corrected chi connectivity index (χ2v) is 5.38. The first kappa shape index (κ1) is 13.8. The third kappa shape index (κ3) is 3.43. The molecule has 3 nitrogen and oxygen atoms in total. The van der Waals surface area contributed by atoms with Gasteiger partial charge in [0.05, 0.1) is 6.10 Å². The summed E-state index contributed by atoms with van der Waals surface area (Å²) < 4.78 is 0. The maximum absolute atomic E-state index is 12.0. The number of aryl methyl sites for hydroxylation is 2. The van der Waals surface area contributed by atoms with E-state index in [0.29, 0.717) is 5.56 Å². The summed E-state index contributed by atoms with van der Waals surface area (Å²) in [5.74, 6) is -0.147. The molecule has 100 valence electrons. The van der Waals surface area contributed by atoms with Crippen LogP contribution in [0.2, 0.25) is 0 Å². The molecule has 0 saturated carbocycles. The normalized spacial score (nSPS) is 12.2. The molecule has 2 rings (SSSR count). The second kappa shape index (κ2) is 5.99. The van der Waals surface area contributed by atoms with Crippen molar-refractivity contribution in [1.82, 2.24) is 5.32 Å². The van der Waals surface area contributed by atoms with Gasteiger partial charge in [-0.15, -0.1) is 0 Å². The quantitative estimate of drug-likeness (QED) is 0.901. The SMILES string of the molecule is Cc1ccc(C(=O)NCC(O)c2ccsc2)c(C)c1. The van der Waals surface area contributed by atoms with Crippen molar-refractivity contribution in [3.05, 3.63) is 57.3 Å². The first-order valence-corrected chi connectivity index (χ1v) is 7.08. The van der Waals surface area contributed by atoms with E-state index >= 15 is 0 Å². The van der Waals surface area contributed by atoms with Crippen LogP contribution >= 0.6 is 11.3 Å². The van der Waals surface area contributed by atoms with E-state index in [1.807, 2.05) is 48.9 Å². The number of hydrogen-bond acceptors (Lipinski definition) is 3. The molecule has 1 atom stereocenters. The fraction of sp³-hybridized carbons (Fsp3) is 0.267. The number of aliphatic hydroxyl groups excluding tert-OH is 1. The number of thiophene rings is 1. The summed E-state index contributed by atoms with van der Waals surface area (Å²) in [6.45, 7) is 4.13. The van der Waals surface area contributed by atoms with Crippen molar-refractivity contribution in [3.63, 3.8) is 0 Å². The summed E-state index contributed by atoms with van der Waals surface area (Å²) in [6, 6.07) is 7.57. The van der Waals surface area contributed by atoms with Gasteiger partial charge in [0.2, 0.25) is 0 Å². The monoisotopic (exact) mass is 275 g/mol. The summed E-state index contributed by atoms with van der Waals surface area (Å²) in [5, 5.41) is 16.5. The molecule has 0 saturated heterocycles. The van der Waals surface area contributed by atoms with E-state index in [1.54, 1.807) is 0 Å². The Bertz CT molecular complexity index is 564. The van der Waals surface area contributed by atoms with Gasteiger partial charge in [0.1, 0.15) is 0 Å². The predicted molar refractivity (Wildman–Crippen MR) is 77.5 cm³/mol. The van der Waals surface area contributed by atoms with Crippen LogP contribution in [0.1, 0.15) is 33.2 Å². The first-order valence-electron chi connectivity index (χ1n) is 6.13. The van der Waals surface area contributed by atoms with E-state index < -0.39 is 6.10 Å². The van der Waals surface area contributed by atoms with Gasteiger partial charge >= 0.3 is 0 Å². The van der Waals surface area contributed by atoms with Gasteiger partial charge in [0, 0.05) is 12.1 Å². The van der Waals surface area contributed by atoms with Crippen LogP contribution in [-0.4, -0.2) is 17.6 Å². The molecule has 1 amide bonds. The van der Waals surface area contributed by atoms with Crippen LogP contribution in [0.15, 0.2) is 35.0 Å². The highest BCUT2D eigenvalue weighted by Crippen LogP contribution is 2.16. The van der Waals surface area contributed by atoms with Crippen molar-refractivity contribution >= 4 is 17.2 Å². The average Bonchev–Trinajstić information content (AvgIpc) is 2.89. The van der Waals surface area contributed by atoms with E-state index in [0.717, 1.165) is 16.7 Å². The second-order valence-electron chi connectivity index (χ2n) is 4.60. The Morgan fingerprint density at radius 2 is 2.16 bits per heavy atom. The molecule has 2 aromatic rings. The summed E-state index contributed by atoms with van der Waals surface area (Å²) in [5.41, 5.74) is 3.57. The highest BCUT2D eigenvalue weighted by Gasteiger charge is 2.12. The van der Waals surface area contributed by atoms with E-state index in [9.17, 15) is 9.90 Å². The molecule has 1 aromatic carbocycles. The molecule has 4 heteroatoms. The largest absolute Gasteiger partial charge is 0.387 e. The standard InChI is InChI=1S/C15H17NO2S/c1-10-3-4-13(11(2)7-10)15(18)16-8-14(17)12-5-6-19-9-12/h3-7,9,14,17H,8H2,1-2H3,(H,16,18). The maximum Gasteiger partial charge on any atom is 0.251 e. The van der Waals surface area contributed by atoms with Crippen molar-refractivity contribution in [1.29, 1.82) is 0 Å². The fourth-order valence-electron chi connectivity index (χ4n) is 1.94. The van der Waals surface area contributed by atoms with Gasteiger partial charge in [-0.3, -0.25) is 4.79 Å². The Labute approximate surface area is 116 Å². The topological polar surface area (TPSA) is 49.3 Å². The van der Waals surface area contributed by atoms with Crippen LogP contribution in [-0.2, 0) is 0 Å². The molecule has 0 aliphatic rings. The molecule has 0 aliphatic heterocycles. The summed E-state index contributed by atoms with van der Waals surface area (Å²) in [4.78, 5) is 12.0. The van der Waals surface area contributed by atoms with E-state index in [1.165, 1.54) is 11.3 Å². The predicted octanol–water partition coefficient (Wildman–Crippen LogP) is 2.83. The minimum absolute atomic E-state index is 0.147. The third-order valence-electron chi connectivity index (χ3n) is 3.01. The van der Waals surface area contributed by atoms with Gasteiger partial charge in [0.15, 0.2) is 0 Å². The molecular weight excluding hydrogens is 258 g/mol. The minimum atomic E-state index is -0.652. The van der Waals surface area contributed by atoms with Crippen LogP contribution in [0.25, 0.3) is 0 Å². The Hall–Kier alpha value is -1.65. The van der Waals surface area contributed by atoms with E-state index in [4.69, 9.17) is 0 Å². The van der Waals surface area contributed by atoms with Crippen molar-refractivity contribution < 1.29 is 9.90 Å². The molecule has 0 bridgehead atoms. The maximum atomic E-state index is 12.0. The number of benzene rings is 1. The molecular formula is C15H17NO2S. The lowest BCUT2D eigenvalue weighted by Gasteiger charge is -2.12. The van der Waals surface area contributed by atoms with E-state index in [2.05, 4.69) is 5.32 Å². The Balaban J connectivity index is 1.98. The molecule has 0 fully saturated rings. The molecule has 1 unspecified atom stereocenters. The van der Waals surface area contributed by atoms with Crippen LogP contribution in [0, 0.1) is 13.8 Å². The first-order chi connectivity index (χ1) is 9.08. The lowest BCUT2D eigenvalue weighted by atomic mass is 10.1. The lowest BCUT2D eigenvalue weighted by Crippen LogP contribution is -2.28. The highest BCUT2D eigenvalue weighted by atomic mass is 32.1. The van der Waals surface area contributed by atoms with Crippen molar-refractivity contribution in [2.75, 3.05) is 6.54 Å². The fourth-order valence-corrected chi connectivity index (χ4v) is 2.64. The minimum Gasteiger partial charge on any atom is -0.387 e. The van der Waals surface area contributed by atoms with Gasteiger partial charge in [-0.1, -0.05) is 17.7 Å². The molecule has 19 heavy (non-hydrogen) atoms. The summed E-state index contributed by atoms with van der Waals surface area (Å²) >= 11 is 1.53. The molecule has 1 aromatic heterocycles. The Morgan fingerprint density at radius 1 is 1.37 bits per heavy atom. The smallest absolute Gasteiger partial charge is 0.251 e. The number of nitrogens with one attached hydrogen (secondary N) is 1. The van der Waals surface area contributed by atoms with Crippen LogP contribution in [0.5, 0.6) is 0 Å². The number of hydrogen-bond donors (Lipinski definition) is 2. The zero-order chi connectivity index (χ0) is 13.8. The number of carbonyl (C=O) groups is 1. The van der Waals surface area contributed by atoms with Crippen LogP contribution in [0.4, 0.5) is 0 Å². The molecule has 2 N–H and O–H groups in total. The number of rotatable bonds is 4. The zero-order valence-corrected chi connectivity index (χ0v) is 11.8. The van der Waals surface area contributed by atoms with Gasteiger partial charge in [0.25, 0.3) is 5.91 Å². The van der Waals surface area contributed by atoms with Gasteiger partial charge < -0.3 is 10.4 Å². The van der Waals surface area contributed by atoms with Crippen molar-refractivity contribution in [2.45, 2.75) is 20.0 Å². The highest BCUT2D eigenvalue weighted by molar-refractivity contribution is 7.07. The van der Waals surface area contributed by atoms with Gasteiger partial charge in [-0.25, -0.2) is 0 Å². The van der Waals surface area contributed by atoms with Crippen molar-refractivity contribution in [3.8, 4) is 0 Å². The van der Waals surface area contributed by atoms with Crippen LogP contribution in [0.3, 0.4) is 0 Å². The summed E-state index contributed by atoms with van der Waals surface area (Å²) in [6.07, 6.45) is -0.652. The average molecular weight is 275 g/mol. The molecule has 0 aliphatic carbocycles. The Morgan fingerprint density at radius 3 is 2.79 bits per heavy atom. The van der Waals surface area contributed by atoms with Crippen LogP contribution < -0.4 is 5.32 Å². The third-order valence-corrected chi connectivity index (χ3v) is 3.71. The van der Waals surface area contributed by atoms with Gasteiger partial charge in [-0.2, -0.15) is 11.3 Å². The zero-order valence-electron chi connectivity index (χ0n) is 11.0. The molecule has 1 heterocycles. The molecule has 0 spiro atoms. The Kier molecular flexibility index (Phi) is 4.35. The van der Waals surface area contributed by atoms with E-state index in [-0.39, 0.29) is 12.5 Å². The molecule has 0 radical (unpaired) electrons. The van der Waals surface area contributed by atoms with Gasteiger partial charge in [-0.05, 0) is 47.9 Å². The number of aliphatic hydroxyl groups is 1. The lowest BCUT2D eigenvalue weighted by molar-refractivity contribution is 0.0916. The number of carbonyl (C=O) groups excluding carboxylic acids is 1. The van der Waals surface area contributed by atoms with Crippen molar-refractivity contribution in [2.24, 2.45) is 0 Å². The number of amides is 1.